The van der Waals surface area contributed by atoms with E-state index in [9.17, 15) is 9.59 Å². The highest BCUT2D eigenvalue weighted by molar-refractivity contribution is 5.77. The van der Waals surface area contributed by atoms with E-state index in [1.807, 2.05) is 13.8 Å². The first-order valence-electron chi connectivity index (χ1n) is 6.39. The van der Waals surface area contributed by atoms with Gasteiger partial charge in [-0.25, -0.2) is 4.79 Å². The first-order valence-corrected chi connectivity index (χ1v) is 6.39. The molecule has 2 amide bonds. The van der Waals surface area contributed by atoms with Gasteiger partial charge in [-0.2, -0.15) is 0 Å². The van der Waals surface area contributed by atoms with Gasteiger partial charge in [-0.1, -0.05) is 0 Å². The monoisotopic (exact) mass is 272 g/mol. The van der Waals surface area contributed by atoms with Crippen LogP contribution < -0.4 is 5.32 Å². The van der Waals surface area contributed by atoms with Crippen LogP contribution in [0.1, 0.15) is 13.8 Å². The molecule has 2 heterocycles. The molecule has 2 aliphatic heterocycles. The molecule has 0 aromatic heterocycles. The fourth-order valence-electron chi connectivity index (χ4n) is 2.38. The molecule has 2 saturated heterocycles. The summed E-state index contributed by atoms with van der Waals surface area (Å²) in [5.74, 6) is -1.61. The van der Waals surface area contributed by atoms with Gasteiger partial charge >= 0.3 is 12.0 Å². The zero-order chi connectivity index (χ0) is 14.0. The van der Waals surface area contributed by atoms with Gasteiger partial charge in [0.2, 0.25) is 0 Å². The van der Waals surface area contributed by atoms with Crippen LogP contribution >= 0.6 is 0 Å². The number of amides is 2. The molecule has 0 radical (unpaired) electrons. The number of carbonyl (C=O) groups is 2. The smallest absolute Gasteiger partial charge is 0.317 e. The highest BCUT2D eigenvalue weighted by Gasteiger charge is 2.37. The molecule has 7 nitrogen and oxygen atoms in total. The topological polar surface area (TPSA) is 88.1 Å². The van der Waals surface area contributed by atoms with E-state index in [1.165, 1.54) is 0 Å². The van der Waals surface area contributed by atoms with Crippen molar-refractivity contribution in [2.75, 3.05) is 32.9 Å². The molecule has 2 unspecified atom stereocenters. The fourth-order valence-corrected chi connectivity index (χ4v) is 2.38. The molecule has 19 heavy (non-hydrogen) atoms. The standard InChI is InChI=1S/C12H20N2O5/c1-12(2)7-14(3-4-19-12)11(17)13-9-6-18-5-8(9)10(15)16/h8-9H,3-7H2,1-2H3,(H,13,17)(H,15,16). The van der Waals surface area contributed by atoms with Crippen LogP contribution in [0.3, 0.4) is 0 Å². The molecule has 2 aliphatic rings. The van der Waals surface area contributed by atoms with Crippen molar-refractivity contribution in [2.24, 2.45) is 5.92 Å². The van der Waals surface area contributed by atoms with E-state index in [0.29, 0.717) is 19.7 Å². The van der Waals surface area contributed by atoms with Crippen LogP contribution in [0.25, 0.3) is 0 Å². The lowest BCUT2D eigenvalue weighted by atomic mass is 10.0. The number of hydrogen-bond acceptors (Lipinski definition) is 4. The third-order valence-corrected chi connectivity index (χ3v) is 3.42. The van der Waals surface area contributed by atoms with Gasteiger partial charge in [0.1, 0.15) is 5.92 Å². The molecular weight excluding hydrogens is 252 g/mol. The largest absolute Gasteiger partial charge is 0.481 e. The molecule has 0 saturated carbocycles. The van der Waals surface area contributed by atoms with Gasteiger partial charge < -0.3 is 24.8 Å². The zero-order valence-corrected chi connectivity index (χ0v) is 11.2. The van der Waals surface area contributed by atoms with Crippen molar-refractivity contribution < 1.29 is 24.2 Å². The molecule has 2 rings (SSSR count). The van der Waals surface area contributed by atoms with E-state index in [4.69, 9.17) is 14.6 Å². The number of carboxylic acid groups (broad SMARTS) is 1. The number of carbonyl (C=O) groups excluding carboxylic acids is 1. The number of carboxylic acids is 1. The minimum Gasteiger partial charge on any atom is -0.481 e. The summed E-state index contributed by atoms with van der Waals surface area (Å²) >= 11 is 0. The van der Waals surface area contributed by atoms with E-state index in [2.05, 4.69) is 5.32 Å². The van der Waals surface area contributed by atoms with Gasteiger partial charge in [-0.05, 0) is 13.8 Å². The number of nitrogens with one attached hydrogen (secondary N) is 1. The third-order valence-electron chi connectivity index (χ3n) is 3.42. The van der Waals surface area contributed by atoms with Gasteiger partial charge in [0.25, 0.3) is 0 Å². The summed E-state index contributed by atoms with van der Waals surface area (Å²) in [7, 11) is 0. The van der Waals surface area contributed by atoms with Crippen molar-refractivity contribution >= 4 is 12.0 Å². The van der Waals surface area contributed by atoms with Gasteiger partial charge in [-0.15, -0.1) is 0 Å². The summed E-state index contributed by atoms with van der Waals surface area (Å²) in [5, 5.41) is 11.8. The molecular formula is C12H20N2O5. The Balaban J connectivity index is 1.92. The summed E-state index contributed by atoms with van der Waals surface area (Å²) in [6.07, 6.45) is 0. The number of ether oxygens (including phenoxy) is 2. The Kier molecular flexibility index (Phi) is 3.96. The molecule has 0 bridgehead atoms. The van der Waals surface area contributed by atoms with E-state index in [1.54, 1.807) is 4.90 Å². The zero-order valence-electron chi connectivity index (χ0n) is 11.2. The molecule has 0 aromatic carbocycles. The average molecular weight is 272 g/mol. The summed E-state index contributed by atoms with van der Waals surface area (Å²) in [4.78, 5) is 24.8. The van der Waals surface area contributed by atoms with Gasteiger partial charge in [0.05, 0.1) is 38.0 Å². The Morgan fingerprint density at radius 2 is 2.11 bits per heavy atom. The van der Waals surface area contributed by atoms with Gasteiger partial charge in [-0.3, -0.25) is 4.79 Å². The van der Waals surface area contributed by atoms with E-state index in [-0.39, 0.29) is 24.8 Å². The van der Waals surface area contributed by atoms with Crippen LogP contribution in [0.15, 0.2) is 0 Å². The number of aliphatic carboxylic acids is 1. The first kappa shape index (κ1) is 14.1. The molecule has 0 spiro atoms. The summed E-state index contributed by atoms with van der Waals surface area (Å²) in [5.41, 5.74) is -0.367. The number of hydrogen-bond donors (Lipinski definition) is 2. The maximum atomic E-state index is 12.1. The molecule has 2 N–H and O–H groups in total. The summed E-state index contributed by atoms with van der Waals surface area (Å²) in [6.45, 7) is 5.73. The maximum absolute atomic E-state index is 12.1. The Morgan fingerprint density at radius 3 is 2.74 bits per heavy atom. The Hall–Kier alpha value is -1.34. The van der Waals surface area contributed by atoms with Crippen LogP contribution in [0.4, 0.5) is 4.79 Å². The van der Waals surface area contributed by atoms with Crippen molar-refractivity contribution in [3.05, 3.63) is 0 Å². The average Bonchev–Trinajstić information content (AvgIpc) is 2.75. The normalized spacial score (nSPS) is 30.1. The van der Waals surface area contributed by atoms with Crippen molar-refractivity contribution in [1.82, 2.24) is 10.2 Å². The summed E-state index contributed by atoms with van der Waals surface area (Å²) < 4.78 is 10.7. The van der Waals surface area contributed by atoms with Crippen LogP contribution in [0.2, 0.25) is 0 Å². The lowest BCUT2D eigenvalue weighted by molar-refractivity contribution is -0.142. The maximum Gasteiger partial charge on any atom is 0.317 e. The van der Waals surface area contributed by atoms with Crippen LogP contribution in [-0.2, 0) is 14.3 Å². The fraction of sp³-hybridized carbons (Fsp3) is 0.833. The predicted octanol–water partition coefficient (Wildman–Crippen LogP) is -0.0936. The lowest BCUT2D eigenvalue weighted by Crippen LogP contribution is -2.56. The molecule has 0 aliphatic carbocycles. The Morgan fingerprint density at radius 1 is 1.37 bits per heavy atom. The minimum absolute atomic E-state index is 0.148. The highest BCUT2D eigenvalue weighted by Crippen LogP contribution is 2.18. The number of morpholine rings is 1. The third kappa shape index (κ3) is 3.36. The predicted molar refractivity (Wildman–Crippen MR) is 65.9 cm³/mol. The van der Waals surface area contributed by atoms with Crippen molar-refractivity contribution in [3.8, 4) is 0 Å². The van der Waals surface area contributed by atoms with Crippen molar-refractivity contribution in [2.45, 2.75) is 25.5 Å². The second kappa shape index (κ2) is 5.34. The van der Waals surface area contributed by atoms with Crippen LogP contribution in [0, 0.1) is 5.92 Å². The minimum atomic E-state index is -0.940. The second-order valence-electron chi connectivity index (χ2n) is 5.57. The summed E-state index contributed by atoms with van der Waals surface area (Å²) in [6, 6.07) is -0.714. The first-order chi connectivity index (χ1) is 8.89. The lowest BCUT2D eigenvalue weighted by Gasteiger charge is -2.38. The van der Waals surface area contributed by atoms with Gasteiger partial charge in [0, 0.05) is 6.54 Å². The van der Waals surface area contributed by atoms with Crippen molar-refractivity contribution in [3.63, 3.8) is 0 Å². The quantitative estimate of drug-likeness (QED) is 0.733. The van der Waals surface area contributed by atoms with Crippen molar-refractivity contribution in [1.29, 1.82) is 0 Å². The molecule has 108 valence electrons. The molecule has 7 heteroatoms. The van der Waals surface area contributed by atoms with Gasteiger partial charge in [0.15, 0.2) is 0 Å². The van der Waals surface area contributed by atoms with Crippen LogP contribution in [0.5, 0.6) is 0 Å². The van der Waals surface area contributed by atoms with E-state index < -0.39 is 17.9 Å². The number of urea groups is 1. The molecule has 2 fully saturated rings. The van der Waals surface area contributed by atoms with Crippen LogP contribution in [-0.4, -0.2) is 66.6 Å². The number of rotatable bonds is 2. The molecule has 0 aromatic rings. The Labute approximate surface area is 111 Å². The van der Waals surface area contributed by atoms with E-state index in [0.717, 1.165) is 0 Å². The molecule has 2 atom stereocenters. The highest BCUT2D eigenvalue weighted by atomic mass is 16.5. The van der Waals surface area contributed by atoms with E-state index >= 15 is 0 Å². The second-order valence-corrected chi connectivity index (χ2v) is 5.57. The Bertz CT molecular complexity index is 371. The SMILES string of the molecule is CC1(C)CN(C(=O)NC2COCC2C(=O)O)CCO1. The number of nitrogens with zero attached hydrogens (tertiary/aromatic N) is 1.